The minimum atomic E-state index is -0.426. The van der Waals surface area contributed by atoms with Gasteiger partial charge >= 0.3 is 0 Å². The van der Waals surface area contributed by atoms with E-state index in [9.17, 15) is 9.90 Å². The monoisotopic (exact) mass is 297 g/mol. The Labute approximate surface area is 131 Å². The van der Waals surface area contributed by atoms with Crippen molar-refractivity contribution < 1.29 is 9.90 Å². The molecule has 3 heteroatoms. The van der Waals surface area contributed by atoms with Gasteiger partial charge in [-0.05, 0) is 41.7 Å². The van der Waals surface area contributed by atoms with Crippen LogP contribution in [0.25, 0.3) is 10.8 Å². The van der Waals surface area contributed by atoms with Gasteiger partial charge in [0.1, 0.15) is 0 Å². The highest BCUT2D eigenvalue weighted by Crippen LogP contribution is 2.26. The van der Waals surface area contributed by atoms with Crippen LogP contribution in [0.3, 0.4) is 0 Å². The molecule has 3 rings (SSSR count). The van der Waals surface area contributed by atoms with Gasteiger partial charge in [-0.1, -0.05) is 49.6 Å². The van der Waals surface area contributed by atoms with Crippen LogP contribution in [0.15, 0.2) is 42.5 Å². The van der Waals surface area contributed by atoms with E-state index >= 15 is 0 Å². The average Bonchev–Trinajstić information content (AvgIpc) is 2.59. The van der Waals surface area contributed by atoms with E-state index in [-0.39, 0.29) is 5.91 Å². The Balaban J connectivity index is 1.60. The van der Waals surface area contributed by atoms with E-state index in [4.69, 9.17) is 0 Å². The number of aliphatic hydroxyl groups is 1. The van der Waals surface area contributed by atoms with Crippen molar-refractivity contribution in [2.24, 2.45) is 5.92 Å². The van der Waals surface area contributed by atoms with Crippen molar-refractivity contribution in [1.29, 1.82) is 0 Å². The van der Waals surface area contributed by atoms with Gasteiger partial charge < -0.3 is 10.4 Å². The van der Waals surface area contributed by atoms with E-state index in [1.165, 1.54) is 19.3 Å². The van der Waals surface area contributed by atoms with Crippen LogP contribution in [0.5, 0.6) is 0 Å². The van der Waals surface area contributed by atoms with Gasteiger partial charge in [-0.2, -0.15) is 0 Å². The smallest absolute Gasteiger partial charge is 0.251 e. The summed E-state index contributed by atoms with van der Waals surface area (Å²) in [6, 6.07) is 13.7. The van der Waals surface area contributed by atoms with Crippen molar-refractivity contribution in [3.05, 3.63) is 48.0 Å². The molecule has 1 fully saturated rings. The molecule has 22 heavy (non-hydrogen) atoms. The summed E-state index contributed by atoms with van der Waals surface area (Å²) in [5.74, 6) is 0.228. The lowest BCUT2D eigenvalue weighted by atomic mass is 9.85. The molecule has 1 atom stereocenters. The number of aliphatic hydroxyl groups excluding tert-OH is 1. The van der Waals surface area contributed by atoms with Gasteiger partial charge in [-0.25, -0.2) is 0 Å². The van der Waals surface area contributed by atoms with Crippen molar-refractivity contribution >= 4 is 16.7 Å². The molecule has 0 aliphatic heterocycles. The Bertz CT molecular complexity index is 647. The van der Waals surface area contributed by atoms with Crippen LogP contribution in [-0.4, -0.2) is 23.7 Å². The van der Waals surface area contributed by atoms with Gasteiger partial charge in [0.05, 0.1) is 6.10 Å². The molecular weight excluding hydrogens is 274 g/mol. The fraction of sp³-hybridized carbons (Fsp3) is 0.421. The zero-order chi connectivity index (χ0) is 15.4. The van der Waals surface area contributed by atoms with Crippen molar-refractivity contribution in [2.75, 3.05) is 6.54 Å². The normalized spacial score (nSPS) is 17.3. The molecule has 1 amide bonds. The molecule has 1 saturated carbocycles. The zero-order valence-corrected chi connectivity index (χ0v) is 12.8. The summed E-state index contributed by atoms with van der Waals surface area (Å²) >= 11 is 0. The molecular formula is C19H23NO2. The lowest BCUT2D eigenvalue weighted by Crippen LogP contribution is -2.37. The second-order valence-electron chi connectivity index (χ2n) is 6.24. The van der Waals surface area contributed by atoms with Crippen LogP contribution < -0.4 is 5.32 Å². The molecule has 0 saturated heterocycles. The van der Waals surface area contributed by atoms with Crippen LogP contribution in [0.1, 0.15) is 42.5 Å². The fourth-order valence-corrected chi connectivity index (χ4v) is 3.32. The first-order chi connectivity index (χ1) is 10.7. The average molecular weight is 297 g/mol. The number of hydrogen-bond acceptors (Lipinski definition) is 2. The third-order valence-corrected chi connectivity index (χ3v) is 4.68. The van der Waals surface area contributed by atoms with Crippen molar-refractivity contribution in [2.45, 2.75) is 38.2 Å². The van der Waals surface area contributed by atoms with E-state index in [2.05, 4.69) is 5.32 Å². The van der Waals surface area contributed by atoms with E-state index < -0.39 is 6.10 Å². The molecule has 2 aromatic rings. The van der Waals surface area contributed by atoms with E-state index in [1.54, 1.807) is 0 Å². The minimum absolute atomic E-state index is 0.111. The highest BCUT2D eigenvalue weighted by Gasteiger charge is 2.22. The fourth-order valence-electron chi connectivity index (χ4n) is 3.32. The summed E-state index contributed by atoms with van der Waals surface area (Å²) in [7, 11) is 0. The summed E-state index contributed by atoms with van der Waals surface area (Å²) in [5, 5.41) is 15.3. The third kappa shape index (κ3) is 3.47. The quantitative estimate of drug-likeness (QED) is 0.907. The number of amides is 1. The van der Waals surface area contributed by atoms with Crippen molar-refractivity contribution in [1.82, 2.24) is 5.32 Å². The topological polar surface area (TPSA) is 49.3 Å². The molecule has 0 aromatic heterocycles. The van der Waals surface area contributed by atoms with Gasteiger partial charge in [0.25, 0.3) is 5.91 Å². The van der Waals surface area contributed by atoms with Crippen LogP contribution >= 0.6 is 0 Å². The number of hydrogen-bond donors (Lipinski definition) is 2. The van der Waals surface area contributed by atoms with Crippen LogP contribution in [0, 0.1) is 5.92 Å². The molecule has 0 bridgehead atoms. The summed E-state index contributed by atoms with van der Waals surface area (Å²) in [6.45, 7) is 0.344. The Morgan fingerprint density at radius 3 is 2.59 bits per heavy atom. The number of nitrogens with one attached hydrogen (secondary N) is 1. The molecule has 0 heterocycles. The first kappa shape index (κ1) is 15.0. The van der Waals surface area contributed by atoms with Crippen LogP contribution in [0.4, 0.5) is 0 Å². The predicted molar refractivity (Wildman–Crippen MR) is 88.9 cm³/mol. The molecule has 1 aliphatic rings. The number of benzene rings is 2. The van der Waals surface area contributed by atoms with Crippen molar-refractivity contribution in [3.8, 4) is 0 Å². The summed E-state index contributed by atoms with van der Waals surface area (Å²) in [4.78, 5) is 12.3. The van der Waals surface area contributed by atoms with Crippen molar-refractivity contribution in [3.63, 3.8) is 0 Å². The van der Waals surface area contributed by atoms with E-state index in [1.807, 2.05) is 42.5 Å². The maximum Gasteiger partial charge on any atom is 0.251 e. The lowest BCUT2D eigenvalue weighted by molar-refractivity contribution is 0.0738. The standard InChI is InChI=1S/C19H23NO2/c21-18(15-7-2-1-3-8-15)13-20-19(22)17-11-10-14-6-4-5-9-16(14)12-17/h4-6,9-12,15,18,21H,1-3,7-8,13H2,(H,20,22). The molecule has 2 aromatic carbocycles. The Morgan fingerprint density at radius 1 is 1.09 bits per heavy atom. The summed E-state index contributed by atoms with van der Waals surface area (Å²) < 4.78 is 0. The first-order valence-corrected chi connectivity index (χ1v) is 8.19. The molecule has 0 spiro atoms. The Morgan fingerprint density at radius 2 is 1.82 bits per heavy atom. The Hall–Kier alpha value is -1.87. The molecule has 3 nitrogen and oxygen atoms in total. The number of rotatable bonds is 4. The zero-order valence-electron chi connectivity index (χ0n) is 12.8. The molecule has 0 radical (unpaired) electrons. The van der Waals surface area contributed by atoms with Gasteiger partial charge in [0.15, 0.2) is 0 Å². The highest BCUT2D eigenvalue weighted by atomic mass is 16.3. The largest absolute Gasteiger partial charge is 0.391 e. The molecule has 2 N–H and O–H groups in total. The maximum atomic E-state index is 12.3. The van der Waals surface area contributed by atoms with Crippen LogP contribution in [0.2, 0.25) is 0 Å². The highest BCUT2D eigenvalue weighted by molar-refractivity contribution is 5.98. The summed E-state index contributed by atoms with van der Waals surface area (Å²) in [6.07, 6.45) is 5.39. The lowest BCUT2D eigenvalue weighted by Gasteiger charge is -2.26. The number of carbonyl (C=O) groups is 1. The third-order valence-electron chi connectivity index (χ3n) is 4.68. The summed E-state index contributed by atoms with van der Waals surface area (Å²) in [5.41, 5.74) is 0.648. The SMILES string of the molecule is O=C(NCC(O)C1CCCCC1)c1ccc2ccccc2c1. The van der Waals surface area contributed by atoms with Crippen LogP contribution in [-0.2, 0) is 0 Å². The maximum absolute atomic E-state index is 12.3. The molecule has 1 unspecified atom stereocenters. The van der Waals surface area contributed by atoms with Gasteiger partial charge in [0.2, 0.25) is 0 Å². The Kier molecular flexibility index (Phi) is 4.74. The second kappa shape index (κ2) is 6.93. The molecule has 1 aliphatic carbocycles. The van der Waals surface area contributed by atoms with Gasteiger partial charge in [-0.15, -0.1) is 0 Å². The van der Waals surface area contributed by atoms with E-state index in [0.717, 1.165) is 23.6 Å². The first-order valence-electron chi connectivity index (χ1n) is 8.19. The number of fused-ring (bicyclic) bond motifs is 1. The minimum Gasteiger partial charge on any atom is -0.391 e. The number of carbonyl (C=O) groups excluding carboxylic acids is 1. The second-order valence-corrected chi connectivity index (χ2v) is 6.24. The molecule has 116 valence electrons. The van der Waals surface area contributed by atoms with Gasteiger partial charge in [0, 0.05) is 12.1 Å². The predicted octanol–water partition coefficient (Wildman–Crippen LogP) is 3.51. The van der Waals surface area contributed by atoms with E-state index in [0.29, 0.717) is 18.0 Å². The van der Waals surface area contributed by atoms with Gasteiger partial charge in [-0.3, -0.25) is 4.79 Å².